The Bertz CT molecular complexity index is 1060. The van der Waals surface area contributed by atoms with Gasteiger partial charge in [-0.25, -0.2) is 9.59 Å². The standard InChI is InChI=1S/C22H22ClNO5/c1-4-27-20(25)13-29-15-10-11-18-16(12-15)21(22(26)28-5-2)14(3)24(18)19-9-7-6-8-17(19)23/h6-12H,4-5,13H2,1-3H3. The number of rotatable bonds is 7. The van der Waals surface area contributed by atoms with Crippen LogP contribution in [0, 0.1) is 6.92 Å². The molecule has 29 heavy (non-hydrogen) atoms. The molecule has 0 radical (unpaired) electrons. The van der Waals surface area contributed by atoms with E-state index in [1.807, 2.05) is 35.8 Å². The van der Waals surface area contributed by atoms with Crippen LogP contribution in [0.2, 0.25) is 5.02 Å². The van der Waals surface area contributed by atoms with Gasteiger partial charge < -0.3 is 18.8 Å². The van der Waals surface area contributed by atoms with Crippen LogP contribution in [0.4, 0.5) is 0 Å². The number of hydrogen-bond donors (Lipinski definition) is 0. The smallest absolute Gasteiger partial charge is 0.344 e. The Morgan fingerprint density at radius 3 is 2.45 bits per heavy atom. The lowest BCUT2D eigenvalue weighted by Gasteiger charge is -2.11. The van der Waals surface area contributed by atoms with Crippen LogP contribution in [0.1, 0.15) is 29.9 Å². The van der Waals surface area contributed by atoms with Crippen LogP contribution in [-0.2, 0) is 14.3 Å². The molecule has 0 amide bonds. The van der Waals surface area contributed by atoms with Gasteiger partial charge in [-0.3, -0.25) is 0 Å². The molecule has 3 rings (SSSR count). The summed E-state index contributed by atoms with van der Waals surface area (Å²) in [5.74, 6) is -0.432. The van der Waals surface area contributed by atoms with Crippen LogP contribution in [0.15, 0.2) is 42.5 Å². The van der Waals surface area contributed by atoms with Crippen molar-refractivity contribution in [2.45, 2.75) is 20.8 Å². The van der Waals surface area contributed by atoms with E-state index in [2.05, 4.69) is 0 Å². The minimum absolute atomic E-state index is 0.210. The number of fused-ring (bicyclic) bond motifs is 1. The Morgan fingerprint density at radius 1 is 1.03 bits per heavy atom. The zero-order chi connectivity index (χ0) is 21.0. The normalized spacial score (nSPS) is 10.8. The molecule has 2 aromatic carbocycles. The molecule has 152 valence electrons. The van der Waals surface area contributed by atoms with E-state index in [-0.39, 0.29) is 19.8 Å². The largest absolute Gasteiger partial charge is 0.482 e. The minimum atomic E-state index is -0.456. The summed E-state index contributed by atoms with van der Waals surface area (Å²) in [5, 5.41) is 1.22. The van der Waals surface area contributed by atoms with Crippen molar-refractivity contribution >= 4 is 34.4 Å². The van der Waals surface area contributed by atoms with Gasteiger partial charge in [0.05, 0.1) is 35.0 Å². The quantitative estimate of drug-likeness (QED) is 0.523. The monoisotopic (exact) mass is 415 g/mol. The minimum Gasteiger partial charge on any atom is -0.482 e. The molecule has 1 aromatic heterocycles. The van der Waals surface area contributed by atoms with Crippen molar-refractivity contribution in [1.82, 2.24) is 4.57 Å². The Hall–Kier alpha value is -2.99. The maximum Gasteiger partial charge on any atom is 0.344 e. The van der Waals surface area contributed by atoms with E-state index in [0.717, 1.165) is 11.2 Å². The summed E-state index contributed by atoms with van der Waals surface area (Å²) >= 11 is 6.41. The van der Waals surface area contributed by atoms with Gasteiger partial charge in [-0.2, -0.15) is 0 Å². The molecular weight excluding hydrogens is 394 g/mol. The maximum absolute atomic E-state index is 12.7. The number of aromatic nitrogens is 1. The second-order valence-electron chi connectivity index (χ2n) is 6.24. The van der Waals surface area contributed by atoms with Gasteiger partial charge >= 0.3 is 11.9 Å². The Kier molecular flexibility index (Phi) is 6.44. The van der Waals surface area contributed by atoms with Crippen molar-refractivity contribution < 1.29 is 23.8 Å². The number of halogens is 1. The summed E-state index contributed by atoms with van der Waals surface area (Å²) in [6, 6.07) is 12.7. The molecule has 3 aromatic rings. The molecule has 0 unspecified atom stereocenters. The summed E-state index contributed by atoms with van der Waals surface area (Å²) in [6.45, 7) is 5.67. The number of carbonyl (C=O) groups is 2. The third-order valence-corrected chi connectivity index (χ3v) is 4.73. The van der Waals surface area contributed by atoms with Crippen molar-refractivity contribution in [2.24, 2.45) is 0 Å². The lowest BCUT2D eigenvalue weighted by molar-refractivity contribution is -0.145. The Morgan fingerprint density at radius 2 is 1.76 bits per heavy atom. The van der Waals surface area contributed by atoms with E-state index in [0.29, 0.717) is 27.4 Å². The summed E-state index contributed by atoms with van der Waals surface area (Å²) in [5.41, 5.74) is 2.67. The van der Waals surface area contributed by atoms with Crippen molar-refractivity contribution in [3.63, 3.8) is 0 Å². The first kappa shape index (κ1) is 20.7. The maximum atomic E-state index is 12.7. The van der Waals surface area contributed by atoms with Crippen LogP contribution in [-0.4, -0.2) is 36.3 Å². The number of hydrogen-bond acceptors (Lipinski definition) is 5. The first-order chi connectivity index (χ1) is 14.0. The molecule has 0 saturated carbocycles. The van der Waals surface area contributed by atoms with E-state index in [1.165, 1.54) is 0 Å². The predicted molar refractivity (Wildman–Crippen MR) is 111 cm³/mol. The molecule has 7 heteroatoms. The van der Waals surface area contributed by atoms with E-state index < -0.39 is 11.9 Å². The third-order valence-electron chi connectivity index (χ3n) is 4.41. The van der Waals surface area contributed by atoms with Crippen LogP contribution in [0.25, 0.3) is 16.6 Å². The number of para-hydroxylation sites is 1. The highest BCUT2D eigenvalue weighted by molar-refractivity contribution is 6.32. The van der Waals surface area contributed by atoms with E-state index in [1.54, 1.807) is 32.0 Å². The molecule has 0 fully saturated rings. The van der Waals surface area contributed by atoms with E-state index in [9.17, 15) is 9.59 Å². The molecule has 0 aliphatic carbocycles. The Labute approximate surface area is 173 Å². The SMILES string of the molecule is CCOC(=O)COc1ccc2c(c1)c(C(=O)OCC)c(C)n2-c1ccccc1Cl. The lowest BCUT2D eigenvalue weighted by Crippen LogP contribution is -2.14. The summed E-state index contributed by atoms with van der Waals surface area (Å²) < 4.78 is 17.6. The second kappa shape index (κ2) is 9.01. The highest BCUT2D eigenvalue weighted by Crippen LogP contribution is 2.34. The third kappa shape index (κ3) is 4.22. The van der Waals surface area contributed by atoms with E-state index >= 15 is 0 Å². The topological polar surface area (TPSA) is 66.8 Å². The highest BCUT2D eigenvalue weighted by Gasteiger charge is 2.23. The average molecular weight is 416 g/mol. The highest BCUT2D eigenvalue weighted by atomic mass is 35.5. The molecule has 0 aliphatic heterocycles. The number of benzene rings is 2. The Balaban J connectivity index is 2.13. The summed E-state index contributed by atoms with van der Waals surface area (Å²) in [7, 11) is 0. The molecule has 1 heterocycles. The molecular formula is C22H22ClNO5. The molecule has 0 N–H and O–H groups in total. The van der Waals surface area contributed by atoms with Gasteiger partial charge in [0, 0.05) is 11.1 Å². The zero-order valence-corrected chi connectivity index (χ0v) is 17.3. The van der Waals surface area contributed by atoms with Crippen LogP contribution in [0.5, 0.6) is 5.75 Å². The zero-order valence-electron chi connectivity index (χ0n) is 16.5. The number of nitrogens with zero attached hydrogens (tertiary/aromatic N) is 1. The number of ether oxygens (including phenoxy) is 3. The fourth-order valence-electron chi connectivity index (χ4n) is 3.24. The van der Waals surface area contributed by atoms with Gasteiger partial charge in [0.1, 0.15) is 5.75 Å². The fourth-order valence-corrected chi connectivity index (χ4v) is 3.46. The predicted octanol–water partition coefficient (Wildman–Crippen LogP) is 4.71. The first-order valence-electron chi connectivity index (χ1n) is 9.33. The van der Waals surface area contributed by atoms with Crippen molar-refractivity contribution in [2.75, 3.05) is 19.8 Å². The second-order valence-corrected chi connectivity index (χ2v) is 6.65. The van der Waals surface area contributed by atoms with Crippen molar-refractivity contribution in [3.8, 4) is 11.4 Å². The summed E-state index contributed by atoms with van der Waals surface area (Å²) in [4.78, 5) is 24.3. The van der Waals surface area contributed by atoms with Gasteiger partial charge in [-0.05, 0) is 51.1 Å². The molecule has 0 atom stereocenters. The van der Waals surface area contributed by atoms with Crippen molar-refractivity contribution in [1.29, 1.82) is 0 Å². The molecule has 0 aliphatic rings. The van der Waals surface area contributed by atoms with Gasteiger partial charge in [0.25, 0.3) is 0 Å². The van der Waals surface area contributed by atoms with Gasteiger partial charge in [-0.1, -0.05) is 23.7 Å². The molecule has 0 bridgehead atoms. The fraction of sp³-hybridized carbons (Fsp3) is 0.273. The van der Waals surface area contributed by atoms with Gasteiger partial charge in [0.15, 0.2) is 6.61 Å². The van der Waals surface area contributed by atoms with E-state index in [4.69, 9.17) is 25.8 Å². The lowest BCUT2D eigenvalue weighted by atomic mass is 10.1. The molecule has 6 nitrogen and oxygen atoms in total. The number of carbonyl (C=O) groups excluding carboxylic acids is 2. The first-order valence-corrected chi connectivity index (χ1v) is 9.71. The van der Waals surface area contributed by atoms with Crippen molar-refractivity contribution in [3.05, 3.63) is 58.7 Å². The van der Waals surface area contributed by atoms with Crippen LogP contribution >= 0.6 is 11.6 Å². The molecule has 0 saturated heterocycles. The van der Waals surface area contributed by atoms with Gasteiger partial charge in [-0.15, -0.1) is 0 Å². The molecule has 0 spiro atoms. The van der Waals surface area contributed by atoms with Crippen LogP contribution < -0.4 is 4.74 Å². The van der Waals surface area contributed by atoms with Crippen LogP contribution in [0.3, 0.4) is 0 Å². The summed E-state index contributed by atoms with van der Waals surface area (Å²) in [6.07, 6.45) is 0. The average Bonchev–Trinajstić information content (AvgIpc) is 2.98. The van der Waals surface area contributed by atoms with Gasteiger partial charge in [0.2, 0.25) is 0 Å². The number of esters is 2.